The molecule has 1 aliphatic heterocycles. The van der Waals surface area contributed by atoms with Gasteiger partial charge in [0.15, 0.2) is 0 Å². The molecule has 4 rings (SSSR count). The minimum atomic E-state index is -0.680. The van der Waals surface area contributed by atoms with Crippen molar-refractivity contribution in [3.05, 3.63) is 60.2 Å². The SMILES string of the molecule is CNC(=O)C[C@@H]1CN(C(=O)c2ccc3cc(-c4ccccc4)[nH]c3c2)C[C@H]1O. The molecule has 1 fully saturated rings. The van der Waals surface area contributed by atoms with Crippen LogP contribution in [-0.4, -0.2) is 53.0 Å². The number of aromatic amines is 1. The third-order valence-electron chi connectivity index (χ3n) is 5.37. The monoisotopic (exact) mass is 377 g/mol. The Kier molecular flexibility index (Phi) is 4.88. The normalized spacial score (nSPS) is 19.1. The Bertz CT molecular complexity index is 1010. The number of β-amino-alcohol motifs (C(OH)–C–C–N with tert-alkyl or cyclic N) is 1. The molecule has 2 amide bonds. The molecule has 3 N–H and O–H groups in total. The number of hydrogen-bond donors (Lipinski definition) is 3. The van der Waals surface area contributed by atoms with Gasteiger partial charge in [-0.25, -0.2) is 0 Å². The van der Waals surface area contributed by atoms with E-state index in [0.717, 1.165) is 22.2 Å². The molecule has 3 aromatic rings. The molecule has 6 heteroatoms. The van der Waals surface area contributed by atoms with E-state index in [0.29, 0.717) is 12.1 Å². The van der Waals surface area contributed by atoms with Crippen molar-refractivity contribution < 1.29 is 14.7 Å². The fourth-order valence-electron chi connectivity index (χ4n) is 3.78. The molecule has 0 saturated carbocycles. The lowest BCUT2D eigenvalue weighted by atomic mass is 10.0. The number of nitrogens with zero attached hydrogens (tertiary/aromatic N) is 1. The largest absolute Gasteiger partial charge is 0.391 e. The van der Waals surface area contributed by atoms with Crippen molar-refractivity contribution in [1.29, 1.82) is 0 Å². The number of aliphatic hydroxyl groups is 1. The lowest BCUT2D eigenvalue weighted by Gasteiger charge is -2.16. The minimum Gasteiger partial charge on any atom is -0.391 e. The first-order valence-corrected chi connectivity index (χ1v) is 9.41. The summed E-state index contributed by atoms with van der Waals surface area (Å²) in [5.74, 6) is -0.487. The van der Waals surface area contributed by atoms with Crippen molar-refractivity contribution in [3.8, 4) is 11.3 Å². The lowest BCUT2D eigenvalue weighted by molar-refractivity contribution is -0.122. The van der Waals surface area contributed by atoms with Crippen LogP contribution in [0.25, 0.3) is 22.2 Å². The number of aliphatic hydroxyl groups excluding tert-OH is 1. The molecular formula is C22H23N3O3. The fraction of sp³-hybridized carbons (Fsp3) is 0.273. The number of amides is 2. The second-order valence-electron chi connectivity index (χ2n) is 7.27. The van der Waals surface area contributed by atoms with Crippen molar-refractivity contribution in [2.24, 2.45) is 5.92 Å². The van der Waals surface area contributed by atoms with Crippen LogP contribution < -0.4 is 5.32 Å². The number of fused-ring (bicyclic) bond motifs is 1. The zero-order valence-corrected chi connectivity index (χ0v) is 15.7. The number of aromatic nitrogens is 1. The molecule has 28 heavy (non-hydrogen) atoms. The Balaban J connectivity index is 1.54. The van der Waals surface area contributed by atoms with E-state index in [1.54, 1.807) is 11.9 Å². The van der Waals surface area contributed by atoms with E-state index < -0.39 is 6.10 Å². The zero-order valence-electron chi connectivity index (χ0n) is 15.7. The average molecular weight is 377 g/mol. The summed E-state index contributed by atoms with van der Waals surface area (Å²) in [4.78, 5) is 29.5. The summed E-state index contributed by atoms with van der Waals surface area (Å²) >= 11 is 0. The predicted molar refractivity (Wildman–Crippen MR) is 108 cm³/mol. The standard InChI is InChI=1S/C22H23N3O3/c1-23-21(27)11-17-12-25(13-20(17)26)22(28)16-8-7-15-9-18(24-19(15)10-16)14-5-3-2-4-6-14/h2-10,17,20,24,26H,11-13H2,1H3,(H,23,27)/t17-,20-/m1/s1. The molecule has 144 valence electrons. The van der Waals surface area contributed by atoms with Gasteiger partial charge < -0.3 is 20.3 Å². The molecule has 0 bridgehead atoms. The Labute approximate surface area is 163 Å². The number of H-pyrrole nitrogens is 1. The van der Waals surface area contributed by atoms with Gasteiger partial charge in [0.05, 0.1) is 6.10 Å². The van der Waals surface area contributed by atoms with E-state index in [4.69, 9.17) is 0 Å². The Morgan fingerprint density at radius 3 is 2.68 bits per heavy atom. The van der Waals surface area contributed by atoms with Crippen LogP contribution in [0.15, 0.2) is 54.6 Å². The molecule has 2 atom stereocenters. The topological polar surface area (TPSA) is 85.4 Å². The van der Waals surface area contributed by atoms with Gasteiger partial charge in [0.1, 0.15) is 0 Å². The van der Waals surface area contributed by atoms with Crippen molar-refractivity contribution in [2.75, 3.05) is 20.1 Å². The summed E-state index contributed by atoms with van der Waals surface area (Å²) < 4.78 is 0. The summed E-state index contributed by atoms with van der Waals surface area (Å²) in [6.45, 7) is 0.629. The van der Waals surface area contributed by atoms with Gasteiger partial charge >= 0.3 is 0 Å². The number of nitrogens with one attached hydrogen (secondary N) is 2. The van der Waals surface area contributed by atoms with Gasteiger partial charge in [-0.15, -0.1) is 0 Å². The van der Waals surface area contributed by atoms with Crippen LogP contribution in [0.5, 0.6) is 0 Å². The molecular weight excluding hydrogens is 354 g/mol. The highest BCUT2D eigenvalue weighted by Crippen LogP contribution is 2.27. The molecule has 1 saturated heterocycles. The third kappa shape index (κ3) is 3.51. The van der Waals surface area contributed by atoms with Gasteiger partial charge in [-0.05, 0) is 23.8 Å². The molecule has 2 aromatic carbocycles. The van der Waals surface area contributed by atoms with Crippen LogP contribution in [0.3, 0.4) is 0 Å². The van der Waals surface area contributed by atoms with Crippen molar-refractivity contribution in [3.63, 3.8) is 0 Å². The lowest BCUT2D eigenvalue weighted by Crippen LogP contribution is -2.29. The number of carbonyl (C=O) groups excluding carboxylic acids is 2. The van der Waals surface area contributed by atoms with Gasteiger partial charge in [-0.2, -0.15) is 0 Å². The zero-order chi connectivity index (χ0) is 19.7. The Morgan fingerprint density at radius 2 is 1.93 bits per heavy atom. The number of hydrogen-bond acceptors (Lipinski definition) is 3. The van der Waals surface area contributed by atoms with Crippen LogP contribution in [0.4, 0.5) is 0 Å². The molecule has 0 radical (unpaired) electrons. The number of rotatable bonds is 4. The van der Waals surface area contributed by atoms with E-state index >= 15 is 0 Å². The average Bonchev–Trinajstić information content (AvgIpc) is 3.31. The molecule has 6 nitrogen and oxygen atoms in total. The predicted octanol–water partition coefficient (Wildman–Crippen LogP) is 2.40. The first kappa shape index (κ1) is 18.3. The van der Waals surface area contributed by atoms with E-state index in [1.165, 1.54) is 0 Å². The van der Waals surface area contributed by atoms with E-state index in [2.05, 4.69) is 16.4 Å². The summed E-state index contributed by atoms with van der Waals surface area (Å²) in [7, 11) is 1.57. The molecule has 1 aliphatic rings. The van der Waals surface area contributed by atoms with E-state index in [9.17, 15) is 14.7 Å². The first-order valence-electron chi connectivity index (χ1n) is 9.41. The number of likely N-dealkylation sites (tertiary alicyclic amines) is 1. The van der Waals surface area contributed by atoms with E-state index in [1.807, 2.05) is 48.5 Å². The Morgan fingerprint density at radius 1 is 1.14 bits per heavy atom. The quantitative estimate of drug-likeness (QED) is 0.653. The van der Waals surface area contributed by atoms with Crippen LogP contribution >= 0.6 is 0 Å². The maximum Gasteiger partial charge on any atom is 0.254 e. The van der Waals surface area contributed by atoms with Gasteiger partial charge in [0.25, 0.3) is 5.91 Å². The smallest absolute Gasteiger partial charge is 0.254 e. The molecule has 0 spiro atoms. The highest BCUT2D eigenvalue weighted by molar-refractivity contribution is 5.99. The molecule has 1 aromatic heterocycles. The molecule has 0 aliphatic carbocycles. The first-order chi connectivity index (χ1) is 13.5. The number of benzene rings is 2. The van der Waals surface area contributed by atoms with E-state index in [-0.39, 0.29) is 30.7 Å². The maximum atomic E-state index is 12.9. The second-order valence-corrected chi connectivity index (χ2v) is 7.27. The van der Waals surface area contributed by atoms with Crippen LogP contribution in [0.2, 0.25) is 0 Å². The Hall–Kier alpha value is -3.12. The summed E-state index contributed by atoms with van der Waals surface area (Å²) in [5.41, 5.74) is 3.56. The van der Waals surface area contributed by atoms with Gasteiger partial charge in [-0.1, -0.05) is 36.4 Å². The summed E-state index contributed by atoms with van der Waals surface area (Å²) in [5, 5.41) is 13.8. The van der Waals surface area contributed by atoms with Crippen LogP contribution in [0, 0.1) is 5.92 Å². The van der Waals surface area contributed by atoms with Crippen LogP contribution in [0.1, 0.15) is 16.8 Å². The second kappa shape index (κ2) is 7.48. The highest BCUT2D eigenvalue weighted by atomic mass is 16.3. The van der Waals surface area contributed by atoms with Gasteiger partial charge in [-0.3, -0.25) is 9.59 Å². The van der Waals surface area contributed by atoms with Crippen molar-refractivity contribution in [2.45, 2.75) is 12.5 Å². The highest BCUT2D eigenvalue weighted by Gasteiger charge is 2.35. The summed E-state index contributed by atoms with van der Waals surface area (Å²) in [6, 6.07) is 17.7. The third-order valence-corrected chi connectivity index (χ3v) is 5.37. The summed E-state index contributed by atoms with van der Waals surface area (Å²) in [6.07, 6.45) is -0.461. The maximum absolute atomic E-state index is 12.9. The van der Waals surface area contributed by atoms with Crippen molar-refractivity contribution >= 4 is 22.7 Å². The van der Waals surface area contributed by atoms with Crippen LogP contribution in [-0.2, 0) is 4.79 Å². The van der Waals surface area contributed by atoms with Gasteiger partial charge in [0.2, 0.25) is 5.91 Å². The number of carbonyl (C=O) groups is 2. The molecule has 2 heterocycles. The molecule has 0 unspecified atom stereocenters. The fourth-order valence-corrected chi connectivity index (χ4v) is 3.78. The van der Waals surface area contributed by atoms with Crippen molar-refractivity contribution in [1.82, 2.24) is 15.2 Å². The van der Waals surface area contributed by atoms with Gasteiger partial charge in [0, 0.05) is 54.6 Å². The minimum absolute atomic E-state index is 0.125.